The summed E-state index contributed by atoms with van der Waals surface area (Å²) in [6.45, 7) is 0. The summed E-state index contributed by atoms with van der Waals surface area (Å²) in [5.41, 5.74) is -0.528. The molecule has 19 heavy (non-hydrogen) atoms. The van der Waals surface area contributed by atoms with Crippen LogP contribution in [0.5, 0.6) is 5.75 Å². The molecule has 0 fully saturated rings. The molecular weight excluding hydrogens is 281 g/mol. The standard InChI is InChI=1S/C12H8ClF3N2O/c1-19-9-6-17-11(18-10(9)13)7-3-2-4-8(5-7)12(14,15)16/h2-6H,1H3. The molecule has 2 aromatic rings. The molecule has 0 bridgehead atoms. The van der Waals surface area contributed by atoms with E-state index in [9.17, 15) is 13.2 Å². The Bertz CT molecular complexity index is 602. The molecule has 0 saturated carbocycles. The summed E-state index contributed by atoms with van der Waals surface area (Å²) in [5, 5.41) is 0.0462. The smallest absolute Gasteiger partial charge is 0.416 e. The lowest BCUT2D eigenvalue weighted by Gasteiger charge is -2.08. The quantitative estimate of drug-likeness (QED) is 0.788. The molecule has 3 nitrogen and oxygen atoms in total. The number of hydrogen-bond donors (Lipinski definition) is 0. The summed E-state index contributed by atoms with van der Waals surface area (Å²) in [4.78, 5) is 7.82. The van der Waals surface area contributed by atoms with Crippen molar-refractivity contribution in [1.29, 1.82) is 0 Å². The number of rotatable bonds is 2. The van der Waals surface area contributed by atoms with Crippen LogP contribution in [0.4, 0.5) is 13.2 Å². The van der Waals surface area contributed by atoms with Crippen molar-refractivity contribution in [3.05, 3.63) is 41.2 Å². The van der Waals surface area contributed by atoms with Crippen LogP contribution in [0.1, 0.15) is 5.56 Å². The van der Waals surface area contributed by atoms with E-state index in [1.54, 1.807) is 0 Å². The van der Waals surface area contributed by atoms with Gasteiger partial charge >= 0.3 is 6.18 Å². The zero-order valence-corrected chi connectivity index (χ0v) is 10.5. The van der Waals surface area contributed by atoms with Gasteiger partial charge in [-0.2, -0.15) is 13.2 Å². The normalized spacial score (nSPS) is 11.4. The molecule has 0 aliphatic carbocycles. The average Bonchev–Trinajstić information content (AvgIpc) is 2.38. The molecule has 7 heteroatoms. The molecule has 0 N–H and O–H groups in total. The van der Waals surface area contributed by atoms with Crippen molar-refractivity contribution in [2.75, 3.05) is 7.11 Å². The van der Waals surface area contributed by atoms with E-state index in [-0.39, 0.29) is 22.3 Å². The van der Waals surface area contributed by atoms with Crippen molar-refractivity contribution in [3.63, 3.8) is 0 Å². The lowest BCUT2D eigenvalue weighted by molar-refractivity contribution is -0.137. The lowest BCUT2D eigenvalue weighted by Crippen LogP contribution is -2.05. The van der Waals surface area contributed by atoms with Gasteiger partial charge in [0.2, 0.25) is 0 Å². The fourth-order valence-corrected chi connectivity index (χ4v) is 1.67. The van der Waals surface area contributed by atoms with Crippen molar-refractivity contribution >= 4 is 11.6 Å². The second-order valence-electron chi connectivity index (χ2n) is 3.63. The minimum absolute atomic E-state index is 0.0462. The number of methoxy groups -OCH3 is 1. The van der Waals surface area contributed by atoms with Gasteiger partial charge in [-0.25, -0.2) is 9.97 Å². The third kappa shape index (κ3) is 2.96. The molecule has 0 aliphatic heterocycles. The molecule has 0 saturated heterocycles. The summed E-state index contributed by atoms with van der Waals surface area (Å²) in [5.74, 6) is 0.370. The molecule has 0 amide bonds. The van der Waals surface area contributed by atoms with Crippen LogP contribution in [0.3, 0.4) is 0 Å². The monoisotopic (exact) mass is 288 g/mol. The van der Waals surface area contributed by atoms with Crippen molar-refractivity contribution in [3.8, 4) is 17.1 Å². The number of ether oxygens (including phenoxy) is 1. The van der Waals surface area contributed by atoms with Crippen LogP contribution in [0.25, 0.3) is 11.4 Å². The van der Waals surface area contributed by atoms with Crippen LogP contribution in [-0.4, -0.2) is 17.1 Å². The van der Waals surface area contributed by atoms with E-state index >= 15 is 0 Å². The van der Waals surface area contributed by atoms with Gasteiger partial charge in [0.25, 0.3) is 0 Å². The SMILES string of the molecule is COc1cnc(-c2cccc(C(F)(F)F)c2)nc1Cl. The van der Waals surface area contributed by atoms with Gasteiger partial charge in [-0.05, 0) is 12.1 Å². The van der Waals surface area contributed by atoms with E-state index in [4.69, 9.17) is 16.3 Å². The Hall–Kier alpha value is -1.82. The van der Waals surface area contributed by atoms with Gasteiger partial charge in [0.15, 0.2) is 16.7 Å². The van der Waals surface area contributed by atoms with Crippen LogP contribution in [0, 0.1) is 0 Å². The largest absolute Gasteiger partial charge is 0.492 e. The molecule has 0 atom stereocenters. The van der Waals surface area contributed by atoms with Crippen LogP contribution >= 0.6 is 11.6 Å². The molecule has 1 aromatic carbocycles. The highest BCUT2D eigenvalue weighted by Gasteiger charge is 2.30. The van der Waals surface area contributed by atoms with Crippen molar-refractivity contribution in [1.82, 2.24) is 9.97 Å². The van der Waals surface area contributed by atoms with Crippen LogP contribution in [0.15, 0.2) is 30.5 Å². The van der Waals surface area contributed by atoms with Crippen molar-refractivity contribution in [2.24, 2.45) is 0 Å². The highest BCUT2D eigenvalue weighted by molar-refractivity contribution is 6.30. The minimum Gasteiger partial charge on any atom is -0.492 e. The van der Waals surface area contributed by atoms with Gasteiger partial charge in [-0.1, -0.05) is 23.7 Å². The third-order valence-electron chi connectivity index (χ3n) is 2.38. The maximum absolute atomic E-state index is 12.6. The Balaban J connectivity index is 2.45. The molecule has 0 radical (unpaired) electrons. The number of nitrogens with zero attached hydrogens (tertiary/aromatic N) is 2. The van der Waals surface area contributed by atoms with Gasteiger partial charge in [0, 0.05) is 5.56 Å². The van der Waals surface area contributed by atoms with Crippen LogP contribution in [0.2, 0.25) is 5.15 Å². The Kier molecular flexibility index (Phi) is 3.61. The zero-order chi connectivity index (χ0) is 14.0. The topological polar surface area (TPSA) is 35.0 Å². The van der Waals surface area contributed by atoms with Crippen LogP contribution in [-0.2, 0) is 6.18 Å². The predicted molar refractivity (Wildman–Crippen MR) is 64.0 cm³/mol. The van der Waals surface area contributed by atoms with E-state index in [1.165, 1.54) is 25.4 Å². The third-order valence-corrected chi connectivity index (χ3v) is 2.65. The maximum Gasteiger partial charge on any atom is 0.416 e. The summed E-state index contributed by atoms with van der Waals surface area (Å²) in [7, 11) is 1.40. The number of aromatic nitrogens is 2. The number of halogens is 4. The summed E-state index contributed by atoms with van der Waals surface area (Å²) < 4.78 is 42.7. The van der Waals surface area contributed by atoms with Crippen molar-refractivity contribution in [2.45, 2.75) is 6.18 Å². The van der Waals surface area contributed by atoms with Gasteiger partial charge in [-0.15, -0.1) is 0 Å². The molecule has 2 rings (SSSR count). The Morgan fingerprint density at radius 1 is 1.26 bits per heavy atom. The highest BCUT2D eigenvalue weighted by atomic mass is 35.5. The van der Waals surface area contributed by atoms with E-state index < -0.39 is 11.7 Å². The first-order valence-corrected chi connectivity index (χ1v) is 5.54. The molecule has 0 spiro atoms. The fraction of sp³-hybridized carbons (Fsp3) is 0.167. The number of alkyl halides is 3. The number of hydrogen-bond acceptors (Lipinski definition) is 3. The highest BCUT2D eigenvalue weighted by Crippen LogP contribution is 2.32. The van der Waals surface area contributed by atoms with E-state index in [2.05, 4.69) is 9.97 Å². The van der Waals surface area contributed by atoms with Gasteiger partial charge in [0.05, 0.1) is 18.9 Å². The molecule has 0 unspecified atom stereocenters. The predicted octanol–water partition coefficient (Wildman–Crippen LogP) is 3.82. The zero-order valence-electron chi connectivity index (χ0n) is 9.70. The Labute approximate surface area is 112 Å². The molecule has 100 valence electrons. The second kappa shape index (κ2) is 5.05. The summed E-state index contributed by atoms with van der Waals surface area (Å²) in [6, 6.07) is 4.72. The molecule has 1 heterocycles. The molecular formula is C12H8ClF3N2O. The molecule has 0 aliphatic rings. The first-order chi connectivity index (χ1) is 8.91. The molecule has 1 aromatic heterocycles. The average molecular weight is 289 g/mol. The van der Waals surface area contributed by atoms with E-state index in [0.29, 0.717) is 0 Å². The second-order valence-corrected chi connectivity index (χ2v) is 3.99. The summed E-state index contributed by atoms with van der Waals surface area (Å²) >= 11 is 5.81. The fourth-order valence-electron chi connectivity index (χ4n) is 1.46. The first kappa shape index (κ1) is 13.6. The van der Waals surface area contributed by atoms with Gasteiger partial charge in [0.1, 0.15) is 0 Å². The summed E-state index contributed by atoms with van der Waals surface area (Å²) in [6.07, 6.45) is -3.10. The Morgan fingerprint density at radius 3 is 2.58 bits per heavy atom. The number of benzene rings is 1. The minimum atomic E-state index is -4.41. The maximum atomic E-state index is 12.6. The lowest BCUT2D eigenvalue weighted by atomic mass is 10.1. The van der Waals surface area contributed by atoms with Gasteiger partial charge < -0.3 is 4.74 Å². The van der Waals surface area contributed by atoms with Crippen LogP contribution < -0.4 is 4.74 Å². The van der Waals surface area contributed by atoms with Gasteiger partial charge in [-0.3, -0.25) is 0 Å². The van der Waals surface area contributed by atoms with E-state index in [0.717, 1.165) is 12.1 Å². The Morgan fingerprint density at radius 2 is 2.00 bits per heavy atom. The van der Waals surface area contributed by atoms with Crippen molar-refractivity contribution < 1.29 is 17.9 Å². The van der Waals surface area contributed by atoms with E-state index in [1.807, 2.05) is 0 Å². The first-order valence-electron chi connectivity index (χ1n) is 5.16.